The molecule has 1 atom stereocenters. The number of hydrogen-bond acceptors (Lipinski definition) is 2. The normalized spacial score (nSPS) is 12.6. The van der Waals surface area contributed by atoms with Crippen molar-refractivity contribution in [3.05, 3.63) is 52.3 Å². The highest BCUT2D eigenvalue weighted by atomic mass is 35.5. The van der Waals surface area contributed by atoms with Crippen LogP contribution in [-0.2, 0) is 13.1 Å². The third-order valence-electron chi connectivity index (χ3n) is 3.24. The SMILES string of the molecule is CCn1nc(C)cc1CNC(C)c1ccc(Cl)cc1. The topological polar surface area (TPSA) is 29.9 Å². The van der Waals surface area contributed by atoms with Crippen molar-refractivity contribution in [1.29, 1.82) is 0 Å². The molecule has 0 aliphatic carbocycles. The van der Waals surface area contributed by atoms with Crippen LogP contribution in [0.2, 0.25) is 5.02 Å². The van der Waals surface area contributed by atoms with Crippen LogP contribution < -0.4 is 5.32 Å². The third kappa shape index (κ3) is 3.58. The molecule has 0 radical (unpaired) electrons. The van der Waals surface area contributed by atoms with Gasteiger partial charge in [0, 0.05) is 24.2 Å². The second kappa shape index (κ2) is 6.22. The average Bonchev–Trinajstić information content (AvgIpc) is 2.77. The van der Waals surface area contributed by atoms with E-state index < -0.39 is 0 Å². The lowest BCUT2D eigenvalue weighted by Crippen LogP contribution is -2.20. The minimum absolute atomic E-state index is 0.290. The summed E-state index contributed by atoms with van der Waals surface area (Å²) in [5.74, 6) is 0. The molecule has 1 aromatic carbocycles. The molecule has 1 aromatic heterocycles. The molecule has 0 aliphatic heterocycles. The van der Waals surface area contributed by atoms with Crippen LogP contribution in [0.5, 0.6) is 0 Å². The quantitative estimate of drug-likeness (QED) is 0.903. The van der Waals surface area contributed by atoms with E-state index in [1.807, 2.05) is 23.7 Å². The van der Waals surface area contributed by atoms with Crippen LogP contribution in [0, 0.1) is 6.92 Å². The number of aromatic nitrogens is 2. The van der Waals surface area contributed by atoms with E-state index in [0.717, 1.165) is 23.8 Å². The van der Waals surface area contributed by atoms with Crippen LogP contribution >= 0.6 is 11.6 Å². The first-order valence-corrected chi connectivity index (χ1v) is 7.00. The van der Waals surface area contributed by atoms with Crippen molar-refractivity contribution in [1.82, 2.24) is 15.1 Å². The molecule has 0 fully saturated rings. The summed E-state index contributed by atoms with van der Waals surface area (Å²) in [6, 6.07) is 10.4. The Labute approximate surface area is 119 Å². The number of aryl methyl sites for hydroxylation is 2. The van der Waals surface area contributed by atoms with Gasteiger partial charge in [0.15, 0.2) is 0 Å². The van der Waals surface area contributed by atoms with Gasteiger partial charge in [0.2, 0.25) is 0 Å². The zero-order chi connectivity index (χ0) is 13.8. The molecule has 1 heterocycles. The van der Waals surface area contributed by atoms with E-state index in [1.54, 1.807) is 0 Å². The van der Waals surface area contributed by atoms with E-state index >= 15 is 0 Å². The first-order valence-electron chi connectivity index (χ1n) is 6.62. The van der Waals surface area contributed by atoms with E-state index in [-0.39, 0.29) is 6.04 Å². The van der Waals surface area contributed by atoms with Gasteiger partial charge in [-0.25, -0.2) is 0 Å². The number of rotatable bonds is 5. The Morgan fingerprint density at radius 1 is 1.32 bits per heavy atom. The van der Waals surface area contributed by atoms with E-state index in [0.29, 0.717) is 0 Å². The second-order valence-electron chi connectivity index (χ2n) is 4.75. The molecule has 2 aromatic rings. The molecule has 0 bridgehead atoms. The number of hydrogen-bond donors (Lipinski definition) is 1. The minimum Gasteiger partial charge on any atom is -0.305 e. The van der Waals surface area contributed by atoms with Crippen LogP contribution in [0.15, 0.2) is 30.3 Å². The van der Waals surface area contributed by atoms with Crippen LogP contribution in [-0.4, -0.2) is 9.78 Å². The van der Waals surface area contributed by atoms with E-state index in [2.05, 4.69) is 42.5 Å². The fourth-order valence-electron chi connectivity index (χ4n) is 2.14. The van der Waals surface area contributed by atoms with Crippen molar-refractivity contribution in [3.8, 4) is 0 Å². The zero-order valence-electron chi connectivity index (χ0n) is 11.7. The molecule has 3 nitrogen and oxygen atoms in total. The highest BCUT2D eigenvalue weighted by Gasteiger charge is 2.08. The first kappa shape index (κ1) is 14.1. The van der Waals surface area contributed by atoms with Gasteiger partial charge in [0.05, 0.1) is 11.4 Å². The molecule has 19 heavy (non-hydrogen) atoms. The average molecular weight is 278 g/mol. The van der Waals surface area contributed by atoms with Gasteiger partial charge in [-0.15, -0.1) is 0 Å². The second-order valence-corrected chi connectivity index (χ2v) is 5.18. The zero-order valence-corrected chi connectivity index (χ0v) is 12.4. The fraction of sp³-hybridized carbons (Fsp3) is 0.400. The lowest BCUT2D eigenvalue weighted by molar-refractivity contribution is 0.531. The number of halogens is 1. The summed E-state index contributed by atoms with van der Waals surface area (Å²) < 4.78 is 2.04. The largest absolute Gasteiger partial charge is 0.305 e. The maximum absolute atomic E-state index is 5.90. The van der Waals surface area contributed by atoms with E-state index in [4.69, 9.17) is 11.6 Å². The smallest absolute Gasteiger partial charge is 0.0597 e. The number of nitrogens with zero attached hydrogens (tertiary/aromatic N) is 2. The van der Waals surface area contributed by atoms with Gasteiger partial charge in [-0.1, -0.05) is 23.7 Å². The molecule has 0 spiro atoms. The standard InChI is InChI=1S/C15H20ClN3/c1-4-19-15(9-11(2)18-19)10-17-12(3)13-5-7-14(16)8-6-13/h5-9,12,17H,4,10H2,1-3H3. The molecular formula is C15H20ClN3. The fourth-order valence-corrected chi connectivity index (χ4v) is 2.27. The summed E-state index contributed by atoms with van der Waals surface area (Å²) in [5, 5.41) is 8.74. The summed E-state index contributed by atoms with van der Waals surface area (Å²) in [7, 11) is 0. The molecule has 0 amide bonds. The predicted molar refractivity (Wildman–Crippen MR) is 79.3 cm³/mol. The van der Waals surface area contributed by atoms with Crippen LogP contribution in [0.25, 0.3) is 0 Å². The summed E-state index contributed by atoms with van der Waals surface area (Å²) in [6.45, 7) is 8.01. The molecule has 1 unspecified atom stereocenters. The number of benzene rings is 1. The third-order valence-corrected chi connectivity index (χ3v) is 3.50. The number of nitrogens with one attached hydrogen (secondary N) is 1. The van der Waals surface area contributed by atoms with Crippen LogP contribution in [0.1, 0.15) is 36.8 Å². The first-order chi connectivity index (χ1) is 9.10. The van der Waals surface area contributed by atoms with Crippen LogP contribution in [0.3, 0.4) is 0 Å². The van der Waals surface area contributed by atoms with Crippen molar-refractivity contribution < 1.29 is 0 Å². The van der Waals surface area contributed by atoms with Gasteiger partial charge in [-0.2, -0.15) is 5.10 Å². The Morgan fingerprint density at radius 3 is 2.63 bits per heavy atom. The molecular weight excluding hydrogens is 258 g/mol. The van der Waals surface area contributed by atoms with Crippen molar-refractivity contribution in [2.24, 2.45) is 0 Å². The highest BCUT2D eigenvalue weighted by molar-refractivity contribution is 6.30. The minimum atomic E-state index is 0.290. The van der Waals surface area contributed by atoms with Gasteiger partial charge < -0.3 is 5.32 Å². The molecule has 0 saturated carbocycles. The van der Waals surface area contributed by atoms with Crippen molar-refractivity contribution >= 4 is 11.6 Å². The summed E-state index contributed by atoms with van der Waals surface area (Å²) >= 11 is 5.90. The maximum Gasteiger partial charge on any atom is 0.0597 e. The Morgan fingerprint density at radius 2 is 2.00 bits per heavy atom. The Kier molecular flexibility index (Phi) is 4.61. The van der Waals surface area contributed by atoms with Crippen molar-refractivity contribution in [3.63, 3.8) is 0 Å². The molecule has 2 rings (SSSR count). The molecule has 0 saturated heterocycles. The lowest BCUT2D eigenvalue weighted by Gasteiger charge is -2.14. The van der Waals surface area contributed by atoms with Gasteiger partial charge in [0.25, 0.3) is 0 Å². The van der Waals surface area contributed by atoms with Crippen molar-refractivity contribution in [2.45, 2.75) is 39.9 Å². The van der Waals surface area contributed by atoms with Crippen LogP contribution in [0.4, 0.5) is 0 Å². The Hall–Kier alpha value is -1.32. The van der Waals surface area contributed by atoms with Crippen molar-refractivity contribution in [2.75, 3.05) is 0 Å². The summed E-state index contributed by atoms with van der Waals surface area (Å²) in [5.41, 5.74) is 3.53. The Balaban J connectivity index is 1.99. The summed E-state index contributed by atoms with van der Waals surface area (Å²) in [6.07, 6.45) is 0. The van der Waals surface area contributed by atoms with E-state index in [9.17, 15) is 0 Å². The molecule has 4 heteroatoms. The lowest BCUT2D eigenvalue weighted by atomic mass is 10.1. The molecule has 102 valence electrons. The molecule has 0 aliphatic rings. The van der Waals surface area contributed by atoms with E-state index in [1.165, 1.54) is 11.3 Å². The van der Waals surface area contributed by atoms with Gasteiger partial charge in [-0.3, -0.25) is 4.68 Å². The van der Waals surface area contributed by atoms with Gasteiger partial charge in [-0.05, 0) is 44.5 Å². The summed E-state index contributed by atoms with van der Waals surface area (Å²) in [4.78, 5) is 0. The van der Waals surface area contributed by atoms with Gasteiger partial charge in [0.1, 0.15) is 0 Å². The predicted octanol–water partition coefficient (Wildman–Crippen LogP) is 3.72. The Bertz CT molecular complexity index is 531. The monoisotopic (exact) mass is 277 g/mol. The van der Waals surface area contributed by atoms with Gasteiger partial charge >= 0.3 is 0 Å². The maximum atomic E-state index is 5.90. The highest BCUT2D eigenvalue weighted by Crippen LogP contribution is 2.16. The molecule has 1 N–H and O–H groups in total.